The molecule has 0 bridgehead atoms. The topological polar surface area (TPSA) is 78.4 Å². The predicted molar refractivity (Wildman–Crippen MR) is 58.3 cm³/mol. The zero-order valence-electron chi connectivity index (χ0n) is 8.87. The highest BCUT2D eigenvalue weighted by atomic mass is 19.1. The molecule has 1 heterocycles. The Bertz CT molecular complexity index is 472. The first kappa shape index (κ1) is 11.5. The zero-order chi connectivity index (χ0) is 12.4. The second kappa shape index (κ2) is 4.50. The standard InChI is InChI=1S/C11H11FN2O3/c12-7-2-1-3-8(9(7)11(16)17)14-10(15)6-4-13-5-6/h1-3,6,13H,4-5H2,(H,14,15)(H,16,17). The van der Waals surface area contributed by atoms with Crippen LogP contribution in [0.3, 0.4) is 0 Å². The van der Waals surface area contributed by atoms with Crippen molar-refractivity contribution in [3.8, 4) is 0 Å². The van der Waals surface area contributed by atoms with Crippen LogP contribution in [0.4, 0.5) is 10.1 Å². The van der Waals surface area contributed by atoms with Gasteiger partial charge in [0.15, 0.2) is 0 Å². The number of carboxylic acids is 1. The molecule has 3 N–H and O–H groups in total. The van der Waals surface area contributed by atoms with Crippen molar-refractivity contribution < 1.29 is 19.1 Å². The Morgan fingerprint density at radius 2 is 2.12 bits per heavy atom. The molecule has 1 aliphatic heterocycles. The quantitative estimate of drug-likeness (QED) is 0.723. The monoisotopic (exact) mass is 238 g/mol. The van der Waals surface area contributed by atoms with E-state index in [0.717, 1.165) is 6.07 Å². The van der Waals surface area contributed by atoms with Crippen LogP contribution in [0.25, 0.3) is 0 Å². The number of halogens is 1. The minimum absolute atomic E-state index is 0.00519. The highest BCUT2D eigenvalue weighted by Gasteiger charge is 2.26. The molecule has 90 valence electrons. The summed E-state index contributed by atoms with van der Waals surface area (Å²) in [4.78, 5) is 22.5. The zero-order valence-corrected chi connectivity index (χ0v) is 8.87. The lowest BCUT2D eigenvalue weighted by Gasteiger charge is -2.26. The normalized spacial score (nSPS) is 15.1. The van der Waals surface area contributed by atoms with Crippen LogP contribution in [0, 0.1) is 11.7 Å². The third-order valence-corrected chi connectivity index (χ3v) is 2.64. The van der Waals surface area contributed by atoms with E-state index in [2.05, 4.69) is 10.6 Å². The largest absolute Gasteiger partial charge is 0.478 e. The van der Waals surface area contributed by atoms with Gasteiger partial charge in [0.1, 0.15) is 11.4 Å². The molecule has 0 saturated carbocycles. The fourth-order valence-corrected chi connectivity index (χ4v) is 1.55. The van der Waals surface area contributed by atoms with Crippen molar-refractivity contribution in [1.82, 2.24) is 5.32 Å². The lowest BCUT2D eigenvalue weighted by atomic mass is 10.0. The van der Waals surface area contributed by atoms with Gasteiger partial charge >= 0.3 is 5.97 Å². The van der Waals surface area contributed by atoms with E-state index in [1.165, 1.54) is 12.1 Å². The maximum Gasteiger partial charge on any atom is 0.340 e. The Balaban J connectivity index is 2.22. The van der Waals surface area contributed by atoms with Gasteiger partial charge in [-0.05, 0) is 12.1 Å². The first-order valence-electron chi connectivity index (χ1n) is 5.13. The number of nitrogens with one attached hydrogen (secondary N) is 2. The van der Waals surface area contributed by atoms with Crippen molar-refractivity contribution in [3.63, 3.8) is 0 Å². The minimum atomic E-state index is -1.40. The van der Waals surface area contributed by atoms with Gasteiger partial charge in [-0.3, -0.25) is 4.79 Å². The molecule has 1 aromatic rings. The van der Waals surface area contributed by atoms with Crippen LogP contribution < -0.4 is 10.6 Å². The number of benzene rings is 1. The van der Waals surface area contributed by atoms with Gasteiger partial charge < -0.3 is 15.7 Å². The molecule has 5 nitrogen and oxygen atoms in total. The van der Waals surface area contributed by atoms with E-state index in [9.17, 15) is 14.0 Å². The van der Waals surface area contributed by atoms with E-state index >= 15 is 0 Å². The lowest BCUT2D eigenvalue weighted by molar-refractivity contribution is -0.121. The van der Waals surface area contributed by atoms with E-state index < -0.39 is 17.3 Å². The Morgan fingerprint density at radius 3 is 2.65 bits per heavy atom. The van der Waals surface area contributed by atoms with Crippen LogP contribution in [0.15, 0.2) is 18.2 Å². The van der Waals surface area contributed by atoms with Crippen LogP contribution in [0.2, 0.25) is 0 Å². The fraction of sp³-hybridized carbons (Fsp3) is 0.273. The average Bonchev–Trinajstić information content (AvgIpc) is 2.13. The molecule has 6 heteroatoms. The van der Waals surface area contributed by atoms with Crippen molar-refractivity contribution in [2.24, 2.45) is 5.92 Å². The van der Waals surface area contributed by atoms with Crippen LogP contribution >= 0.6 is 0 Å². The molecule has 0 aliphatic carbocycles. The molecular weight excluding hydrogens is 227 g/mol. The molecule has 17 heavy (non-hydrogen) atoms. The maximum atomic E-state index is 13.3. The SMILES string of the molecule is O=C(O)c1c(F)cccc1NC(=O)C1CNC1. The second-order valence-electron chi connectivity index (χ2n) is 3.81. The van der Waals surface area contributed by atoms with Crippen molar-refractivity contribution in [1.29, 1.82) is 0 Å². The highest BCUT2D eigenvalue weighted by molar-refractivity contribution is 6.01. The number of hydrogen-bond donors (Lipinski definition) is 3. The smallest absolute Gasteiger partial charge is 0.340 e. The molecule has 0 atom stereocenters. The van der Waals surface area contributed by atoms with Gasteiger partial charge in [0, 0.05) is 13.1 Å². The Hall–Kier alpha value is -1.95. The van der Waals surface area contributed by atoms with Crippen molar-refractivity contribution in [3.05, 3.63) is 29.6 Å². The molecule has 1 fully saturated rings. The Morgan fingerprint density at radius 1 is 1.41 bits per heavy atom. The molecule has 2 rings (SSSR count). The average molecular weight is 238 g/mol. The van der Waals surface area contributed by atoms with E-state index in [0.29, 0.717) is 13.1 Å². The molecule has 0 unspecified atom stereocenters. The molecule has 0 aromatic heterocycles. The number of anilines is 1. The number of hydrogen-bond acceptors (Lipinski definition) is 3. The van der Waals surface area contributed by atoms with E-state index in [-0.39, 0.29) is 17.5 Å². The van der Waals surface area contributed by atoms with Crippen molar-refractivity contribution >= 4 is 17.6 Å². The molecule has 1 amide bonds. The Labute approximate surface area is 96.6 Å². The maximum absolute atomic E-state index is 13.3. The summed E-state index contributed by atoms with van der Waals surface area (Å²) in [5.74, 6) is -2.73. The van der Waals surface area contributed by atoms with Gasteiger partial charge in [0.2, 0.25) is 5.91 Å². The minimum Gasteiger partial charge on any atom is -0.478 e. The summed E-state index contributed by atoms with van der Waals surface area (Å²) in [5, 5.41) is 14.2. The van der Waals surface area contributed by atoms with Gasteiger partial charge in [-0.1, -0.05) is 6.07 Å². The van der Waals surface area contributed by atoms with Crippen LogP contribution in [0.1, 0.15) is 10.4 Å². The van der Waals surface area contributed by atoms with Crippen molar-refractivity contribution in [2.45, 2.75) is 0 Å². The van der Waals surface area contributed by atoms with Crippen LogP contribution in [-0.2, 0) is 4.79 Å². The first-order chi connectivity index (χ1) is 8.09. The summed E-state index contributed by atoms with van der Waals surface area (Å²) in [7, 11) is 0. The second-order valence-corrected chi connectivity index (χ2v) is 3.81. The van der Waals surface area contributed by atoms with Gasteiger partial charge in [-0.25, -0.2) is 9.18 Å². The van der Waals surface area contributed by atoms with E-state index in [1.54, 1.807) is 0 Å². The van der Waals surface area contributed by atoms with Gasteiger partial charge in [0.25, 0.3) is 0 Å². The summed E-state index contributed by atoms with van der Waals surface area (Å²) in [6, 6.07) is 3.77. The summed E-state index contributed by atoms with van der Waals surface area (Å²) >= 11 is 0. The van der Waals surface area contributed by atoms with Gasteiger partial charge in [0.05, 0.1) is 11.6 Å². The number of amides is 1. The molecule has 1 saturated heterocycles. The molecule has 0 radical (unpaired) electrons. The highest BCUT2D eigenvalue weighted by Crippen LogP contribution is 2.20. The van der Waals surface area contributed by atoms with Crippen LogP contribution in [-0.4, -0.2) is 30.1 Å². The third-order valence-electron chi connectivity index (χ3n) is 2.64. The summed E-state index contributed by atoms with van der Waals surface area (Å²) in [6.07, 6.45) is 0. The lowest BCUT2D eigenvalue weighted by Crippen LogP contribution is -2.48. The fourth-order valence-electron chi connectivity index (χ4n) is 1.55. The summed E-state index contributed by atoms with van der Waals surface area (Å²) in [5.41, 5.74) is -0.512. The van der Waals surface area contributed by atoms with Gasteiger partial charge in [-0.2, -0.15) is 0 Å². The van der Waals surface area contributed by atoms with Crippen molar-refractivity contribution in [2.75, 3.05) is 18.4 Å². The summed E-state index contributed by atoms with van der Waals surface area (Å²) < 4.78 is 13.3. The number of carboxylic acid groups (broad SMARTS) is 1. The molecule has 1 aromatic carbocycles. The first-order valence-corrected chi connectivity index (χ1v) is 5.13. The third kappa shape index (κ3) is 2.26. The van der Waals surface area contributed by atoms with Gasteiger partial charge in [-0.15, -0.1) is 0 Å². The van der Waals surface area contributed by atoms with E-state index in [4.69, 9.17) is 5.11 Å². The number of rotatable bonds is 3. The Kier molecular flexibility index (Phi) is 3.06. The molecule has 0 spiro atoms. The number of carbonyl (C=O) groups is 2. The summed E-state index contributed by atoms with van der Waals surface area (Å²) in [6.45, 7) is 1.12. The predicted octanol–water partition coefficient (Wildman–Crippen LogP) is 0.682. The number of carbonyl (C=O) groups excluding carboxylic acids is 1. The molecular formula is C11H11FN2O3. The van der Waals surface area contributed by atoms with Crippen LogP contribution in [0.5, 0.6) is 0 Å². The molecule has 1 aliphatic rings. The number of aromatic carboxylic acids is 1. The van der Waals surface area contributed by atoms with E-state index in [1.807, 2.05) is 0 Å².